The van der Waals surface area contributed by atoms with Crippen molar-refractivity contribution in [1.82, 2.24) is 29.7 Å². The molecule has 2 N–H and O–H groups in total. The number of piperazine rings is 1. The molecule has 2 fully saturated rings. The van der Waals surface area contributed by atoms with Crippen LogP contribution >= 0.6 is 0 Å². The Kier molecular flexibility index (Phi) is 8.43. The van der Waals surface area contributed by atoms with E-state index in [1.165, 1.54) is 11.3 Å². The normalized spacial score (nSPS) is 20.4. The molecule has 3 aliphatic heterocycles. The van der Waals surface area contributed by atoms with E-state index in [1.54, 1.807) is 24.2 Å². The van der Waals surface area contributed by atoms with Gasteiger partial charge in [0.15, 0.2) is 6.29 Å². The lowest BCUT2D eigenvalue weighted by molar-refractivity contribution is -0.104. The Hall–Kier alpha value is -4.74. The molecule has 0 radical (unpaired) electrons. The minimum atomic E-state index is -0.126. The highest BCUT2D eigenvalue weighted by atomic mass is 16.5. The van der Waals surface area contributed by atoms with E-state index in [0.29, 0.717) is 63.9 Å². The van der Waals surface area contributed by atoms with Gasteiger partial charge in [0.25, 0.3) is 5.91 Å². The van der Waals surface area contributed by atoms with Crippen LogP contribution in [0.4, 0.5) is 17.2 Å². The average Bonchev–Trinajstić information content (AvgIpc) is 3.55. The molecule has 48 heavy (non-hydrogen) atoms. The van der Waals surface area contributed by atoms with Crippen LogP contribution in [0.1, 0.15) is 35.6 Å². The van der Waals surface area contributed by atoms with E-state index in [0.717, 1.165) is 64.2 Å². The molecule has 250 valence electrons. The number of pyridine rings is 2. The van der Waals surface area contributed by atoms with Gasteiger partial charge in [-0.05, 0) is 53.7 Å². The summed E-state index contributed by atoms with van der Waals surface area (Å²) < 4.78 is 7.52. The van der Waals surface area contributed by atoms with Crippen molar-refractivity contribution < 1.29 is 14.3 Å². The molecule has 3 aromatic rings. The number of fused-ring (bicyclic) bond motifs is 3. The number of aromatic nitrogens is 3. The lowest BCUT2D eigenvalue weighted by Crippen LogP contribution is -2.56. The summed E-state index contributed by atoms with van der Waals surface area (Å²) in [6.45, 7) is 19.4. The highest BCUT2D eigenvalue weighted by Gasteiger charge is 2.37. The van der Waals surface area contributed by atoms with Crippen LogP contribution in [0.15, 0.2) is 60.7 Å². The molecule has 0 atom stereocenters. The van der Waals surface area contributed by atoms with Gasteiger partial charge in [0.2, 0.25) is 0 Å². The second kappa shape index (κ2) is 12.7. The van der Waals surface area contributed by atoms with Gasteiger partial charge in [-0.15, -0.1) is 0 Å². The van der Waals surface area contributed by atoms with Gasteiger partial charge < -0.3 is 24.8 Å². The third-order valence-electron chi connectivity index (χ3n) is 10.1. The molecule has 0 saturated carbocycles. The van der Waals surface area contributed by atoms with Crippen LogP contribution in [0.3, 0.4) is 0 Å². The zero-order chi connectivity index (χ0) is 33.6. The Morgan fingerprint density at radius 3 is 2.48 bits per heavy atom. The maximum Gasteiger partial charge on any atom is 0.276 e. The molecule has 11 heteroatoms. The van der Waals surface area contributed by atoms with E-state index in [1.807, 2.05) is 24.4 Å². The van der Waals surface area contributed by atoms with Crippen LogP contribution in [0, 0.1) is 5.41 Å². The first-order valence-electron chi connectivity index (χ1n) is 16.7. The first kappa shape index (κ1) is 31.8. The lowest BCUT2D eigenvalue weighted by Gasteiger charge is -2.43. The number of aldehydes is 1. The fourth-order valence-corrected chi connectivity index (χ4v) is 7.48. The second-order valence-electron chi connectivity index (χ2n) is 13.8. The van der Waals surface area contributed by atoms with Crippen LogP contribution in [0.5, 0.6) is 0 Å². The molecule has 1 aliphatic carbocycles. The van der Waals surface area contributed by atoms with E-state index in [2.05, 4.69) is 68.0 Å². The zero-order valence-electron chi connectivity index (χ0n) is 28.1. The number of carbonyl (C=O) groups excluding carboxylic acids is 2. The van der Waals surface area contributed by atoms with E-state index in [4.69, 9.17) is 4.74 Å². The molecule has 0 spiro atoms. The number of nitrogens with one attached hydrogen (secondary N) is 2. The van der Waals surface area contributed by atoms with Crippen molar-refractivity contribution in [2.24, 2.45) is 5.41 Å². The summed E-state index contributed by atoms with van der Waals surface area (Å²) in [4.78, 5) is 42.4. The van der Waals surface area contributed by atoms with Crippen LogP contribution < -0.4 is 26.1 Å². The molecule has 0 unspecified atom stereocenters. The maximum atomic E-state index is 13.9. The Bertz CT molecular complexity index is 1900. The smallest absolute Gasteiger partial charge is 0.276 e. The minimum absolute atomic E-state index is 0.126. The Morgan fingerprint density at radius 2 is 1.83 bits per heavy atom. The highest BCUT2D eigenvalue weighted by Crippen LogP contribution is 2.39. The van der Waals surface area contributed by atoms with E-state index >= 15 is 0 Å². The summed E-state index contributed by atoms with van der Waals surface area (Å²) in [5, 5.41) is 7.70. The van der Waals surface area contributed by atoms with Gasteiger partial charge in [-0.1, -0.05) is 33.1 Å². The maximum absolute atomic E-state index is 13.9. The molecule has 1 amide bonds. The number of carbonyl (C=O) groups is 2. The van der Waals surface area contributed by atoms with Gasteiger partial charge in [-0.2, -0.15) is 0 Å². The molecule has 0 aromatic carbocycles. The number of ether oxygens (including phenoxy) is 1. The van der Waals surface area contributed by atoms with Gasteiger partial charge in [-0.25, -0.2) is 4.98 Å². The first-order valence-corrected chi connectivity index (χ1v) is 16.7. The Morgan fingerprint density at radius 1 is 1.04 bits per heavy atom. The van der Waals surface area contributed by atoms with Crippen molar-refractivity contribution in [3.8, 4) is 0 Å². The number of amides is 1. The Labute approximate surface area is 281 Å². The summed E-state index contributed by atoms with van der Waals surface area (Å²) in [7, 11) is 1.73. The van der Waals surface area contributed by atoms with Crippen molar-refractivity contribution >= 4 is 41.5 Å². The number of nitrogens with zero attached hydrogens (tertiary/aromatic N) is 6. The molecular weight excluding hydrogens is 604 g/mol. The third-order valence-corrected chi connectivity index (χ3v) is 10.1. The van der Waals surface area contributed by atoms with Crippen LogP contribution in [-0.2, 0) is 28.9 Å². The quantitative estimate of drug-likeness (QED) is 0.267. The van der Waals surface area contributed by atoms with Gasteiger partial charge in [-0.3, -0.25) is 24.4 Å². The summed E-state index contributed by atoms with van der Waals surface area (Å²) >= 11 is 0. The zero-order valence-corrected chi connectivity index (χ0v) is 28.1. The van der Waals surface area contributed by atoms with Crippen molar-refractivity contribution in [1.29, 1.82) is 0 Å². The molecule has 4 aliphatic rings. The average molecular weight is 649 g/mol. The van der Waals surface area contributed by atoms with Crippen molar-refractivity contribution in [3.63, 3.8) is 0 Å². The number of hydrogen-bond donors (Lipinski definition) is 2. The minimum Gasteiger partial charge on any atom is -0.378 e. The van der Waals surface area contributed by atoms with Gasteiger partial charge in [0, 0.05) is 63.4 Å². The summed E-state index contributed by atoms with van der Waals surface area (Å²) in [5.74, 6) is 0.968. The predicted molar refractivity (Wildman–Crippen MR) is 187 cm³/mol. The number of allylic oxidation sites excluding steroid dienone is 2. The third kappa shape index (κ3) is 5.81. The van der Waals surface area contributed by atoms with Crippen LogP contribution in [0.2, 0.25) is 0 Å². The number of hydrogen-bond acceptors (Lipinski definition) is 9. The van der Waals surface area contributed by atoms with Crippen molar-refractivity contribution in [3.05, 3.63) is 88.2 Å². The SMILES string of the molecule is C=CC(/C(C=O)=C(\NC)N1CCn2c(cc3c2CC(C)(C)C3)C1=O)=c1\cnc(=C)c(Nc2ccc(N3CCN(C4COC4)CC3)cn2)c1. The highest BCUT2D eigenvalue weighted by molar-refractivity contribution is 6.00. The van der Waals surface area contributed by atoms with Crippen LogP contribution in [0.25, 0.3) is 12.2 Å². The standard InChI is InChI=1S/C37H44N8O3/c1-6-29(30(21-46)35(38-5)45-14-13-44-32(36(45)47)16-25-17-37(3,4)18-33(25)44)26-15-31(24(2)39-19-26)41-34-8-7-27(20-40-34)42-9-11-43(12-10-42)28-22-48-23-28/h6-8,15-16,19-21,28,38H,1-2,9-14,17-18,22-23H2,3-5H3,(H,40,41)/b29-26+,35-30+. The fraction of sp³-hybridized carbons (Fsp3) is 0.405. The largest absolute Gasteiger partial charge is 0.378 e. The summed E-state index contributed by atoms with van der Waals surface area (Å²) in [5.41, 5.74) is 5.99. The molecule has 7 rings (SSSR count). The predicted octanol–water partition coefficient (Wildman–Crippen LogP) is 2.20. The van der Waals surface area contributed by atoms with Crippen LogP contribution in [-0.4, -0.2) is 95.6 Å². The van der Waals surface area contributed by atoms with Gasteiger partial charge in [0.1, 0.15) is 17.3 Å². The molecule has 6 heterocycles. The fourth-order valence-electron chi connectivity index (χ4n) is 7.48. The number of rotatable bonds is 9. The molecule has 11 nitrogen and oxygen atoms in total. The Balaban J connectivity index is 1.13. The molecule has 3 aromatic heterocycles. The van der Waals surface area contributed by atoms with Crippen molar-refractivity contribution in [2.45, 2.75) is 39.3 Å². The molecular formula is C37H44N8O3. The monoisotopic (exact) mass is 648 g/mol. The van der Waals surface area contributed by atoms with E-state index in [9.17, 15) is 9.59 Å². The van der Waals surface area contributed by atoms with Gasteiger partial charge in [0.05, 0.1) is 47.7 Å². The first-order chi connectivity index (χ1) is 23.2. The van der Waals surface area contributed by atoms with E-state index < -0.39 is 0 Å². The summed E-state index contributed by atoms with van der Waals surface area (Å²) in [6, 6.07) is 8.51. The summed E-state index contributed by atoms with van der Waals surface area (Å²) in [6.07, 6.45) is 7.87. The van der Waals surface area contributed by atoms with Gasteiger partial charge >= 0.3 is 0 Å². The lowest BCUT2D eigenvalue weighted by atomic mass is 9.90. The van der Waals surface area contributed by atoms with E-state index in [-0.39, 0.29) is 11.3 Å². The second-order valence-corrected chi connectivity index (χ2v) is 13.8. The molecule has 2 saturated heterocycles. The molecule has 0 bridgehead atoms. The topological polar surface area (TPSA) is 108 Å². The number of anilines is 3. The van der Waals surface area contributed by atoms with Crippen molar-refractivity contribution in [2.75, 3.05) is 63.2 Å².